The minimum atomic E-state index is -0.728. The predicted octanol–water partition coefficient (Wildman–Crippen LogP) is 6.04. The molecule has 0 aliphatic heterocycles. The van der Waals surface area contributed by atoms with Crippen LogP contribution in [0.15, 0.2) is 12.2 Å². The molecular weight excluding hydrogens is 316 g/mol. The standard InChI is InChI=1S/C21H38O4/c1-3-5-7-11-15-19(16-12-9-10-13-17-20(22)23)25-21(24)18-14-8-6-4-2/h11,15,19H,3-10,12-14,16-18H2,1-2H3,(H,22,23)/b15-11-. The summed E-state index contributed by atoms with van der Waals surface area (Å²) in [7, 11) is 0. The number of carbonyl (C=O) groups excluding carboxylic acids is 1. The van der Waals surface area contributed by atoms with Crippen LogP contribution in [0.4, 0.5) is 0 Å². The lowest BCUT2D eigenvalue weighted by molar-refractivity contribution is -0.147. The molecule has 0 spiro atoms. The minimum absolute atomic E-state index is 0.0906. The lowest BCUT2D eigenvalue weighted by Crippen LogP contribution is -2.16. The van der Waals surface area contributed by atoms with E-state index < -0.39 is 5.97 Å². The summed E-state index contributed by atoms with van der Waals surface area (Å²) in [6, 6.07) is 0. The van der Waals surface area contributed by atoms with Crippen molar-refractivity contribution in [2.24, 2.45) is 0 Å². The highest BCUT2D eigenvalue weighted by atomic mass is 16.5. The van der Waals surface area contributed by atoms with Gasteiger partial charge in [0.1, 0.15) is 6.10 Å². The molecule has 0 aliphatic carbocycles. The van der Waals surface area contributed by atoms with Crippen molar-refractivity contribution in [2.45, 2.75) is 110 Å². The molecule has 0 aromatic rings. The van der Waals surface area contributed by atoms with E-state index in [-0.39, 0.29) is 18.5 Å². The van der Waals surface area contributed by atoms with Gasteiger partial charge in [-0.1, -0.05) is 64.9 Å². The fourth-order valence-corrected chi connectivity index (χ4v) is 2.66. The zero-order valence-electron chi connectivity index (χ0n) is 16.3. The largest absolute Gasteiger partial charge is 0.481 e. The number of ether oxygens (including phenoxy) is 1. The Labute approximate surface area is 154 Å². The highest BCUT2D eigenvalue weighted by molar-refractivity contribution is 5.69. The summed E-state index contributed by atoms with van der Waals surface area (Å²) >= 11 is 0. The molecule has 0 aromatic carbocycles. The molecule has 1 N–H and O–H groups in total. The smallest absolute Gasteiger partial charge is 0.306 e. The second-order valence-electron chi connectivity index (χ2n) is 6.76. The van der Waals surface area contributed by atoms with Crippen LogP contribution in [0.25, 0.3) is 0 Å². The normalized spacial score (nSPS) is 12.4. The number of carboxylic acid groups (broad SMARTS) is 1. The Hall–Kier alpha value is -1.32. The van der Waals surface area contributed by atoms with E-state index in [9.17, 15) is 9.59 Å². The Morgan fingerprint density at radius 2 is 1.52 bits per heavy atom. The Morgan fingerprint density at radius 1 is 0.880 bits per heavy atom. The van der Waals surface area contributed by atoms with Gasteiger partial charge in [0.05, 0.1) is 0 Å². The number of allylic oxidation sites excluding steroid dienone is 1. The quantitative estimate of drug-likeness (QED) is 0.196. The summed E-state index contributed by atoms with van der Waals surface area (Å²) < 4.78 is 5.64. The van der Waals surface area contributed by atoms with Crippen molar-refractivity contribution in [3.05, 3.63) is 12.2 Å². The first-order valence-corrected chi connectivity index (χ1v) is 10.2. The van der Waals surface area contributed by atoms with Crippen LogP contribution in [-0.4, -0.2) is 23.1 Å². The average Bonchev–Trinajstić information content (AvgIpc) is 2.58. The maximum absolute atomic E-state index is 12.0. The Kier molecular flexibility index (Phi) is 16.6. The van der Waals surface area contributed by atoms with Crippen LogP contribution in [0.2, 0.25) is 0 Å². The van der Waals surface area contributed by atoms with Crippen LogP contribution in [-0.2, 0) is 14.3 Å². The number of esters is 1. The number of carboxylic acids is 1. The fraction of sp³-hybridized carbons (Fsp3) is 0.810. The van der Waals surface area contributed by atoms with Gasteiger partial charge in [-0.3, -0.25) is 9.59 Å². The SMILES string of the molecule is CCCC/C=C\C(CCCCCCC(=O)O)OC(=O)CCCCCC. The van der Waals surface area contributed by atoms with E-state index in [0.29, 0.717) is 6.42 Å². The molecular formula is C21H38O4. The Morgan fingerprint density at radius 3 is 2.20 bits per heavy atom. The van der Waals surface area contributed by atoms with Gasteiger partial charge in [-0.2, -0.15) is 0 Å². The van der Waals surface area contributed by atoms with E-state index in [0.717, 1.165) is 64.2 Å². The molecule has 146 valence electrons. The van der Waals surface area contributed by atoms with Crippen molar-refractivity contribution in [3.8, 4) is 0 Å². The lowest BCUT2D eigenvalue weighted by Gasteiger charge is -2.14. The first-order valence-electron chi connectivity index (χ1n) is 10.2. The fourth-order valence-electron chi connectivity index (χ4n) is 2.66. The maximum atomic E-state index is 12.0. The first kappa shape index (κ1) is 23.7. The minimum Gasteiger partial charge on any atom is -0.481 e. The van der Waals surface area contributed by atoms with Gasteiger partial charge in [0.25, 0.3) is 0 Å². The molecule has 0 aliphatic rings. The van der Waals surface area contributed by atoms with Crippen molar-refractivity contribution in [1.82, 2.24) is 0 Å². The van der Waals surface area contributed by atoms with E-state index in [2.05, 4.69) is 19.9 Å². The Balaban J connectivity index is 4.10. The van der Waals surface area contributed by atoms with Gasteiger partial charge in [-0.25, -0.2) is 0 Å². The van der Waals surface area contributed by atoms with E-state index in [4.69, 9.17) is 9.84 Å². The van der Waals surface area contributed by atoms with E-state index >= 15 is 0 Å². The Bertz CT molecular complexity index is 363. The topological polar surface area (TPSA) is 63.6 Å². The molecule has 0 heterocycles. The molecule has 0 saturated heterocycles. The monoisotopic (exact) mass is 354 g/mol. The third-order valence-corrected chi connectivity index (χ3v) is 4.22. The highest BCUT2D eigenvalue weighted by Crippen LogP contribution is 2.13. The molecule has 1 unspecified atom stereocenters. The maximum Gasteiger partial charge on any atom is 0.306 e. The molecule has 0 radical (unpaired) electrons. The number of hydrogen-bond acceptors (Lipinski definition) is 3. The third kappa shape index (κ3) is 17.3. The van der Waals surface area contributed by atoms with Crippen LogP contribution < -0.4 is 0 Å². The number of carbonyl (C=O) groups is 2. The van der Waals surface area contributed by atoms with Gasteiger partial charge in [0, 0.05) is 12.8 Å². The van der Waals surface area contributed by atoms with Gasteiger partial charge in [-0.15, -0.1) is 0 Å². The highest BCUT2D eigenvalue weighted by Gasteiger charge is 2.11. The lowest BCUT2D eigenvalue weighted by atomic mass is 10.1. The molecule has 0 amide bonds. The number of hydrogen-bond donors (Lipinski definition) is 1. The molecule has 25 heavy (non-hydrogen) atoms. The summed E-state index contributed by atoms with van der Waals surface area (Å²) in [5.74, 6) is -0.819. The molecule has 0 aromatic heterocycles. The summed E-state index contributed by atoms with van der Waals surface area (Å²) in [5, 5.41) is 8.64. The molecule has 0 fully saturated rings. The predicted molar refractivity (Wildman–Crippen MR) is 103 cm³/mol. The molecule has 4 nitrogen and oxygen atoms in total. The van der Waals surface area contributed by atoms with Gasteiger partial charge in [0.15, 0.2) is 0 Å². The second kappa shape index (κ2) is 17.5. The summed E-state index contributed by atoms with van der Waals surface area (Å²) in [5.41, 5.74) is 0. The third-order valence-electron chi connectivity index (χ3n) is 4.22. The first-order chi connectivity index (χ1) is 12.1. The van der Waals surface area contributed by atoms with Gasteiger partial charge >= 0.3 is 11.9 Å². The van der Waals surface area contributed by atoms with Crippen molar-refractivity contribution < 1.29 is 19.4 Å². The zero-order chi connectivity index (χ0) is 18.8. The molecule has 0 rings (SSSR count). The van der Waals surface area contributed by atoms with Crippen LogP contribution in [0.1, 0.15) is 104 Å². The van der Waals surface area contributed by atoms with Crippen molar-refractivity contribution in [1.29, 1.82) is 0 Å². The zero-order valence-corrected chi connectivity index (χ0v) is 16.3. The van der Waals surface area contributed by atoms with E-state index in [1.165, 1.54) is 12.8 Å². The second-order valence-corrected chi connectivity index (χ2v) is 6.76. The molecule has 4 heteroatoms. The van der Waals surface area contributed by atoms with Crippen LogP contribution in [0, 0.1) is 0 Å². The van der Waals surface area contributed by atoms with Crippen LogP contribution >= 0.6 is 0 Å². The van der Waals surface area contributed by atoms with Gasteiger partial charge in [-0.05, 0) is 38.2 Å². The summed E-state index contributed by atoms with van der Waals surface area (Å²) in [6.07, 6.45) is 16.9. The van der Waals surface area contributed by atoms with Crippen molar-refractivity contribution in [3.63, 3.8) is 0 Å². The van der Waals surface area contributed by atoms with E-state index in [1.54, 1.807) is 0 Å². The van der Waals surface area contributed by atoms with Crippen molar-refractivity contribution in [2.75, 3.05) is 0 Å². The van der Waals surface area contributed by atoms with Crippen LogP contribution in [0.3, 0.4) is 0 Å². The van der Waals surface area contributed by atoms with Crippen molar-refractivity contribution >= 4 is 11.9 Å². The number of unbranched alkanes of at least 4 members (excludes halogenated alkanes) is 8. The summed E-state index contributed by atoms with van der Waals surface area (Å²) in [4.78, 5) is 22.5. The molecule has 0 bridgehead atoms. The molecule has 1 atom stereocenters. The van der Waals surface area contributed by atoms with Crippen LogP contribution in [0.5, 0.6) is 0 Å². The average molecular weight is 355 g/mol. The number of rotatable bonds is 17. The molecule has 0 saturated carbocycles. The van der Waals surface area contributed by atoms with E-state index in [1.807, 2.05) is 6.08 Å². The van der Waals surface area contributed by atoms with Gasteiger partial charge < -0.3 is 9.84 Å². The van der Waals surface area contributed by atoms with Gasteiger partial charge in [0.2, 0.25) is 0 Å². The summed E-state index contributed by atoms with van der Waals surface area (Å²) in [6.45, 7) is 4.32. The number of aliphatic carboxylic acids is 1.